The van der Waals surface area contributed by atoms with Gasteiger partial charge < -0.3 is 5.11 Å². The van der Waals surface area contributed by atoms with E-state index in [-0.39, 0.29) is 6.10 Å². The van der Waals surface area contributed by atoms with Gasteiger partial charge in [0.15, 0.2) is 0 Å². The fourth-order valence-electron chi connectivity index (χ4n) is 3.50. The van der Waals surface area contributed by atoms with Crippen molar-refractivity contribution in [1.82, 2.24) is 9.78 Å². The van der Waals surface area contributed by atoms with E-state index in [1.54, 1.807) is 0 Å². The zero-order valence-corrected chi connectivity index (χ0v) is 12.7. The topological polar surface area (TPSA) is 38.0 Å². The molecule has 0 amide bonds. The summed E-state index contributed by atoms with van der Waals surface area (Å²) in [6, 6.07) is 0. The highest BCUT2D eigenvalue weighted by Crippen LogP contribution is 2.55. The van der Waals surface area contributed by atoms with Gasteiger partial charge in [-0.3, -0.25) is 4.68 Å². The van der Waals surface area contributed by atoms with Crippen LogP contribution in [0.4, 0.5) is 0 Å². The molecule has 3 rings (SSSR count). The summed E-state index contributed by atoms with van der Waals surface area (Å²) in [6.07, 6.45) is 4.43. The highest BCUT2D eigenvalue weighted by atomic mass is 79.9. The lowest BCUT2D eigenvalue weighted by atomic mass is 9.93. The molecule has 0 aromatic carbocycles. The number of rotatable bonds is 4. The largest absolute Gasteiger partial charge is 0.392 e. The zero-order chi connectivity index (χ0) is 12.9. The summed E-state index contributed by atoms with van der Waals surface area (Å²) in [4.78, 5) is 0. The van der Waals surface area contributed by atoms with Gasteiger partial charge in [-0.25, -0.2) is 0 Å². The predicted octanol–water partition coefficient (Wildman–Crippen LogP) is 2.92. The normalized spacial score (nSPS) is 31.4. The minimum atomic E-state index is -0.199. The van der Waals surface area contributed by atoms with Crippen molar-refractivity contribution < 1.29 is 5.11 Å². The van der Waals surface area contributed by atoms with Crippen LogP contribution in [-0.2, 0) is 13.0 Å². The van der Waals surface area contributed by atoms with Crippen LogP contribution in [-0.4, -0.2) is 21.0 Å². The molecule has 18 heavy (non-hydrogen) atoms. The lowest BCUT2D eigenvalue weighted by Crippen LogP contribution is -2.23. The van der Waals surface area contributed by atoms with Gasteiger partial charge in [-0.15, -0.1) is 0 Å². The zero-order valence-electron chi connectivity index (χ0n) is 11.1. The molecule has 3 nitrogen and oxygen atoms in total. The molecule has 0 bridgehead atoms. The van der Waals surface area contributed by atoms with Crippen molar-refractivity contribution in [1.29, 1.82) is 0 Å². The van der Waals surface area contributed by atoms with E-state index in [1.807, 2.05) is 11.6 Å². The third kappa shape index (κ3) is 2.14. The Morgan fingerprint density at radius 3 is 2.67 bits per heavy atom. The molecule has 0 aliphatic heterocycles. The number of fused-ring (bicyclic) bond motifs is 1. The molecule has 2 aliphatic rings. The minimum absolute atomic E-state index is 0.199. The van der Waals surface area contributed by atoms with Gasteiger partial charge in [0.05, 0.1) is 22.0 Å². The maximum Gasteiger partial charge on any atom is 0.0738 e. The lowest BCUT2D eigenvalue weighted by molar-refractivity contribution is 0.102. The molecule has 100 valence electrons. The number of aromatic nitrogens is 2. The first-order chi connectivity index (χ1) is 8.60. The van der Waals surface area contributed by atoms with Crippen LogP contribution in [0.3, 0.4) is 0 Å². The molecule has 2 aliphatic carbocycles. The number of aliphatic hydroxyl groups excluding tert-OH is 1. The van der Waals surface area contributed by atoms with E-state index in [1.165, 1.54) is 19.3 Å². The Hall–Kier alpha value is -0.350. The van der Waals surface area contributed by atoms with Crippen molar-refractivity contribution >= 4 is 15.9 Å². The third-order valence-electron chi connectivity index (χ3n) is 4.68. The van der Waals surface area contributed by atoms with Crippen molar-refractivity contribution in [3.63, 3.8) is 0 Å². The number of hydrogen-bond acceptors (Lipinski definition) is 2. The number of aliphatic hydroxyl groups is 1. The number of hydrogen-bond donors (Lipinski definition) is 1. The average Bonchev–Trinajstić information content (AvgIpc) is 2.88. The minimum Gasteiger partial charge on any atom is -0.392 e. The van der Waals surface area contributed by atoms with E-state index in [9.17, 15) is 5.11 Å². The molecule has 1 aromatic rings. The van der Waals surface area contributed by atoms with Gasteiger partial charge in [-0.05, 0) is 66.8 Å². The van der Waals surface area contributed by atoms with E-state index in [0.717, 1.165) is 40.7 Å². The SMILES string of the molecule is CCn1nc(C)c(Br)c1CC(O)C1CC2CC2C1. The Balaban J connectivity index is 1.71. The van der Waals surface area contributed by atoms with Gasteiger partial charge in [0.25, 0.3) is 0 Å². The first-order valence-electron chi connectivity index (χ1n) is 7.00. The second kappa shape index (κ2) is 4.64. The second-order valence-corrected chi connectivity index (χ2v) is 6.71. The van der Waals surface area contributed by atoms with E-state index in [0.29, 0.717) is 5.92 Å². The van der Waals surface area contributed by atoms with Crippen molar-refractivity contribution in [2.24, 2.45) is 17.8 Å². The number of nitrogens with zero attached hydrogens (tertiary/aromatic N) is 2. The van der Waals surface area contributed by atoms with Crippen LogP contribution in [0.15, 0.2) is 4.47 Å². The van der Waals surface area contributed by atoms with Crippen LogP contribution in [0, 0.1) is 24.7 Å². The quantitative estimate of drug-likeness (QED) is 0.928. The summed E-state index contributed by atoms with van der Waals surface area (Å²) in [7, 11) is 0. The van der Waals surface area contributed by atoms with Gasteiger partial charge in [-0.1, -0.05) is 0 Å². The van der Waals surface area contributed by atoms with E-state index in [4.69, 9.17) is 0 Å². The van der Waals surface area contributed by atoms with Crippen molar-refractivity contribution in [3.05, 3.63) is 15.9 Å². The van der Waals surface area contributed by atoms with Crippen LogP contribution in [0.1, 0.15) is 37.6 Å². The van der Waals surface area contributed by atoms with Gasteiger partial charge in [-0.2, -0.15) is 5.10 Å². The van der Waals surface area contributed by atoms with E-state index in [2.05, 4.69) is 28.0 Å². The summed E-state index contributed by atoms with van der Waals surface area (Å²) in [5.74, 6) is 2.39. The fourth-order valence-corrected chi connectivity index (χ4v) is 3.95. The molecular formula is C14H21BrN2O. The fraction of sp³-hybridized carbons (Fsp3) is 0.786. The summed E-state index contributed by atoms with van der Waals surface area (Å²) in [5, 5.41) is 14.9. The van der Waals surface area contributed by atoms with Crippen LogP contribution >= 0.6 is 15.9 Å². The van der Waals surface area contributed by atoms with E-state index >= 15 is 0 Å². The average molecular weight is 313 g/mol. The molecule has 4 heteroatoms. The van der Waals surface area contributed by atoms with Gasteiger partial charge in [0, 0.05) is 13.0 Å². The summed E-state index contributed by atoms with van der Waals surface area (Å²) in [5.41, 5.74) is 2.18. The maximum atomic E-state index is 10.4. The van der Waals surface area contributed by atoms with Crippen molar-refractivity contribution in [3.8, 4) is 0 Å². The highest BCUT2D eigenvalue weighted by molar-refractivity contribution is 9.10. The maximum absolute atomic E-state index is 10.4. The third-order valence-corrected chi connectivity index (χ3v) is 5.71. The molecule has 0 radical (unpaired) electrons. The molecule has 0 saturated heterocycles. The molecule has 1 aromatic heterocycles. The molecule has 3 atom stereocenters. The van der Waals surface area contributed by atoms with E-state index < -0.39 is 0 Å². The first-order valence-corrected chi connectivity index (χ1v) is 7.79. The predicted molar refractivity (Wildman–Crippen MR) is 74.4 cm³/mol. The second-order valence-electron chi connectivity index (χ2n) is 5.92. The molecule has 3 unspecified atom stereocenters. The van der Waals surface area contributed by atoms with Crippen molar-refractivity contribution in [2.75, 3.05) is 0 Å². The Morgan fingerprint density at radius 2 is 2.06 bits per heavy atom. The Bertz CT molecular complexity index is 447. The van der Waals surface area contributed by atoms with Crippen molar-refractivity contribution in [2.45, 2.75) is 52.2 Å². The highest BCUT2D eigenvalue weighted by Gasteiger charge is 2.47. The molecule has 0 spiro atoms. The molecular weight excluding hydrogens is 292 g/mol. The van der Waals surface area contributed by atoms with Gasteiger partial charge in [0.1, 0.15) is 0 Å². The molecule has 1 N–H and O–H groups in total. The van der Waals surface area contributed by atoms with Crippen LogP contribution in [0.5, 0.6) is 0 Å². The summed E-state index contributed by atoms with van der Waals surface area (Å²) < 4.78 is 3.09. The monoisotopic (exact) mass is 312 g/mol. The molecule has 1 heterocycles. The Labute approximate surface area is 117 Å². The molecule has 2 fully saturated rings. The van der Waals surface area contributed by atoms with Gasteiger partial charge in [0.2, 0.25) is 0 Å². The Kier molecular flexibility index (Phi) is 3.27. The lowest BCUT2D eigenvalue weighted by Gasteiger charge is -2.20. The van der Waals surface area contributed by atoms with Crippen LogP contribution in [0.2, 0.25) is 0 Å². The van der Waals surface area contributed by atoms with Crippen LogP contribution in [0.25, 0.3) is 0 Å². The number of halogens is 1. The summed E-state index contributed by atoms with van der Waals surface area (Å²) in [6.45, 7) is 4.97. The smallest absolute Gasteiger partial charge is 0.0738 e. The first kappa shape index (κ1) is 12.7. The Morgan fingerprint density at radius 1 is 1.39 bits per heavy atom. The number of aryl methyl sites for hydroxylation is 2. The standard InChI is InChI=1S/C14H21BrN2O/c1-3-17-12(14(15)8(2)16-17)7-13(18)11-5-9-4-10(9)6-11/h9-11,13,18H,3-7H2,1-2H3. The molecule has 2 saturated carbocycles. The van der Waals surface area contributed by atoms with Gasteiger partial charge >= 0.3 is 0 Å². The summed E-state index contributed by atoms with van der Waals surface area (Å²) >= 11 is 3.61. The van der Waals surface area contributed by atoms with Crippen LogP contribution < -0.4 is 0 Å².